The zero-order chi connectivity index (χ0) is 11.1. The summed E-state index contributed by atoms with van der Waals surface area (Å²) in [5.74, 6) is 0.632. The number of para-hydroxylation sites is 1. The summed E-state index contributed by atoms with van der Waals surface area (Å²) in [7, 11) is 1.57. The maximum absolute atomic E-state index is 12.1. The van der Waals surface area contributed by atoms with Gasteiger partial charge in [0, 0.05) is 0 Å². The van der Waals surface area contributed by atoms with E-state index < -0.39 is 0 Å². The van der Waals surface area contributed by atoms with E-state index in [1.165, 1.54) is 6.26 Å². The number of hydrogen-bond acceptors (Lipinski definition) is 3. The maximum atomic E-state index is 12.1. The number of hydrogen-bond donors (Lipinski definition) is 1. The molecule has 80 valence electrons. The van der Waals surface area contributed by atoms with Gasteiger partial charge in [0.05, 0.1) is 29.7 Å². The van der Waals surface area contributed by atoms with Gasteiger partial charge in [-0.25, -0.2) is 0 Å². The molecule has 0 aliphatic rings. The van der Waals surface area contributed by atoms with Crippen LogP contribution < -0.4 is 10.2 Å². The van der Waals surface area contributed by atoms with E-state index in [0.29, 0.717) is 27.8 Å². The molecule has 0 spiro atoms. The van der Waals surface area contributed by atoms with E-state index in [1.807, 2.05) is 0 Å². The molecule has 1 aromatic carbocycles. The lowest BCUT2D eigenvalue weighted by Crippen LogP contribution is -2.03. The predicted molar refractivity (Wildman–Crippen MR) is 60.9 cm³/mol. The molecule has 0 amide bonds. The van der Waals surface area contributed by atoms with E-state index in [4.69, 9.17) is 9.15 Å². The Hall–Kier alpha value is -2.23. The van der Waals surface area contributed by atoms with E-state index in [9.17, 15) is 4.79 Å². The molecule has 0 aliphatic heterocycles. The Morgan fingerprint density at radius 2 is 2.12 bits per heavy atom. The number of aromatic nitrogens is 1. The molecule has 3 rings (SSSR count). The number of nitrogens with one attached hydrogen (secondary N) is 1. The molecule has 4 heteroatoms. The quantitative estimate of drug-likeness (QED) is 0.677. The SMILES string of the molecule is COc1cccc2c(=O)c3ccoc3[nH]c12. The van der Waals surface area contributed by atoms with E-state index >= 15 is 0 Å². The van der Waals surface area contributed by atoms with E-state index in [-0.39, 0.29) is 5.43 Å². The van der Waals surface area contributed by atoms with Crippen LogP contribution in [0.1, 0.15) is 0 Å². The zero-order valence-corrected chi connectivity index (χ0v) is 8.61. The Labute approximate surface area is 90.4 Å². The van der Waals surface area contributed by atoms with Gasteiger partial charge in [0.2, 0.25) is 11.1 Å². The monoisotopic (exact) mass is 215 g/mol. The fourth-order valence-electron chi connectivity index (χ4n) is 1.86. The van der Waals surface area contributed by atoms with Crippen molar-refractivity contribution in [3.8, 4) is 5.75 Å². The van der Waals surface area contributed by atoms with Crippen LogP contribution in [-0.2, 0) is 0 Å². The number of methoxy groups -OCH3 is 1. The summed E-state index contributed by atoms with van der Waals surface area (Å²) >= 11 is 0. The molecule has 0 radical (unpaired) electrons. The number of furan rings is 1. The first-order chi connectivity index (χ1) is 7.81. The van der Waals surface area contributed by atoms with Gasteiger partial charge >= 0.3 is 0 Å². The number of ether oxygens (including phenoxy) is 1. The second kappa shape index (κ2) is 3.13. The van der Waals surface area contributed by atoms with E-state index in [0.717, 1.165) is 0 Å². The van der Waals surface area contributed by atoms with Crippen LogP contribution >= 0.6 is 0 Å². The van der Waals surface area contributed by atoms with Gasteiger partial charge in [0.15, 0.2) is 0 Å². The Morgan fingerprint density at radius 1 is 1.25 bits per heavy atom. The molecule has 4 nitrogen and oxygen atoms in total. The molecule has 0 saturated carbocycles. The first-order valence-corrected chi connectivity index (χ1v) is 4.87. The van der Waals surface area contributed by atoms with Crippen molar-refractivity contribution in [2.75, 3.05) is 7.11 Å². The third kappa shape index (κ3) is 1.07. The molecule has 3 aromatic rings. The number of pyridine rings is 1. The number of rotatable bonds is 1. The van der Waals surface area contributed by atoms with Crippen LogP contribution in [0, 0.1) is 0 Å². The summed E-state index contributed by atoms with van der Waals surface area (Å²) in [6, 6.07) is 7.02. The lowest BCUT2D eigenvalue weighted by atomic mass is 10.1. The standard InChI is InChI=1S/C12H9NO3/c1-15-9-4-2-3-7-10(9)13-12-8(11(7)14)5-6-16-12/h2-6H,1H3,(H,13,14). The van der Waals surface area contributed by atoms with Gasteiger partial charge in [-0.1, -0.05) is 6.07 Å². The van der Waals surface area contributed by atoms with Crippen molar-refractivity contribution in [2.45, 2.75) is 0 Å². The van der Waals surface area contributed by atoms with Gasteiger partial charge in [-0.05, 0) is 18.2 Å². The van der Waals surface area contributed by atoms with Gasteiger partial charge in [0.25, 0.3) is 0 Å². The average Bonchev–Trinajstić information content (AvgIpc) is 2.77. The van der Waals surface area contributed by atoms with Gasteiger partial charge in [-0.3, -0.25) is 4.79 Å². The fraction of sp³-hybridized carbons (Fsp3) is 0.0833. The predicted octanol–water partition coefficient (Wildman–Crippen LogP) is 2.28. The molecule has 0 unspecified atom stereocenters. The summed E-state index contributed by atoms with van der Waals surface area (Å²) in [4.78, 5) is 15.1. The highest BCUT2D eigenvalue weighted by Gasteiger charge is 2.10. The Morgan fingerprint density at radius 3 is 2.94 bits per heavy atom. The molecule has 16 heavy (non-hydrogen) atoms. The van der Waals surface area contributed by atoms with Crippen LogP contribution in [0.3, 0.4) is 0 Å². The van der Waals surface area contributed by atoms with Crippen molar-refractivity contribution >= 4 is 22.0 Å². The van der Waals surface area contributed by atoms with Gasteiger partial charge < -0.3 is 14.1 Å². The number of aromatic amines is 1. The van der Waals surface area contributed by atoms with E-state index in [1.54, 1.807) is 31.4 Å². The smallest absolute Gasteiger partial charge is 0.208 e. The van der Waals surface area contributed by atoms with Gasteiger partial charge in [0.1, 0.15) is 5.75 Å². The normalized spacial score (nSPS) is 11.1. The first kappa shape index (κ1) is 9.03. The molecular formula is C12H9NO3. The van der Waals surface area contributed by atoms with Crippen molar-refractivity contribution in [3.63, 3.8) is 0 Å². The third-order valence-electron chi connectivity index (χ3n) is 2.64. The highest BCUT2D eigenvalue weighted by molar-refractivity contribution is 5.93. The molecule has 2 aromatic heterocycles. The summed E-state index contributed by atoms with van der Waals surface area (Å²) in [6.07, 6.45) is 1.49. The Balaban J connectivity index is 2.61. The van der Waals surface area contributed by atoms with Gasteiger partial charge in [-0.2, -0.15) is 0 Å². The molecule has 0 bridgehead atoms. The second-order valence-corrected chi connectivity index (χ2v) is 3.50. The lowest BCUT2D eigenvalue weighted by molar-refractivity contribution is 0.419. The average molecular weight is 215 g/mol. The van der Waals surface area contributed by atoms with Crippen LogP contribution in [0.5, 0.6) is 5.75 Å². The zero-order valence-electron chi connectivity index (χ0n) is 8.61. The van der Waals surface area contributed by atoms with E-state index in [2.05, 4.69) is 4.98 Å². The second-order valence-electron chi connectivity index (χ2n) is 3.50. The Bertz CT molecular complexity index is 724. The van der Waals surface area contributed by atoms with Crippen molar-refractivity contribution < 1.29 is 9.15 Å². The summed E-state index contributed by atoms with van der Waals surface area (Å²) < 4.78 is 10.4. The summed E-state index contributed by atoms with van der Waals surface area (Å²) in [6.45, 7) is 0. The Kier molecular flexibility index (Phi) is 1.77. The lowest BCUT2D eigenvalue weighted by Gasteiger charge is -2.04. The van der Waals surface area contributed by atoms with Crippen LogP contribution in [0.15, 0.2) is 39.7 Å². The third-order valence-corrected chi connectivity index (χ3v) is 2.64. The van der Waals surface area contributed by atoms with Crippen molar-refractivity contribution in [1.82, 2.24) is 4.98 Å². The van der Waals surface area contributed by atoms with Crippen LogP contribution in [0.4, 0.5) is 0 Å². The number of benzene rings is 1. The minimum atomic E-state index is -0.0450. The first-order valence-electron chi connectivity index (χ1n) is 4.87. The van der Waals surface area contributed by atoms with Crippen molar-refractivity contribution in [3.05, 3.63) is 40.8 Å². The topological polar surface area (TPSA) is 55.2 Å². The summed E-state index contributed by atoms with van der Waals surface area (Å²) in [5, 5.41) is 1.16. The summed E-state index contributed by atoms with van der Waals surface area (Å²) in [5.41, 5.74) is 1.09. The molecule has 0 atom stereocenters. The molecule has 0 aliphatic carbocycles. The number of H-pyrrole nitrogens is 1. The highest BCUT2D eigenvalue weighted by Crippen LogP contribution is 2.23. The van der Waals surface area contributed by atoms with Crippen molar-refractivity contribution in [2.24, 2.45) is 0 Å². The largest absolute Gasteiger partial charge is 0.495 e. The minimum absolute atomic E-state index is 0.0450. The van der Waals surface area contributed by atoms with Crippen LogP contribution in [-0.4, -0.2) is 12.1 Å². The van der Waals surface area contributed by atoms with Crippen LogP contribution in [0.2, 0.25) is 0 Å². The van der Waals surface area contributed by atoms with Crippen molar-refractivity contribution in [1.29, 1.82) is 0 Å². The molecular weight excluding hydrogens is 206 g/mol. The molecule has 0 saturated heterocycles. The molecule has 2 heterocycles. The molecule has 0 fully saturated rings. The highest BCUT2D eigenvalue weighted by atomic mass is 16.5. The van der Waals surface area contributed by atoms with Crippen LogP contribution in [0.25, 0.3) is 22.0 Å². The van der Waals surface area contributed by atoms with Gasteiger partial charge in [-0.15, -0.1) is 0 Å². The minimum Gasteiger partial charge on any atom is -0.495 e. The molecule has 1 N–H and O–H groups in total. The maximum Gasteiger partial charge on any atom is 0.208 e. The fourth-order valence-corrected chi connectivity index (χ4v) is 1.86. The number of fused-ring (bicyclic) bond motifs is 2.